The minimum atomic E-state index is -0.902. The molecule has 0 heterocycles. The zero-order valence-corrected chi connectivity index (χ0v) is 17.0. The average Bonchev–Trinajstić information content (AvgIpc) is 3.10. The number of ether oxygens (including phenoxy) is 1. The molecule has 2 fully saturated rings. The van der Waals surface area contributed by atoms with Crippen molar-refractivity contribution in [3.05, 3.63) is 53.3 Å². The highest BCUT2D eigenvalue weighted by molar-refractivity contribution is 5.77. The van der Waals surface area contributed by atoms with Gasteiger partial charge in [0.25, 0.3) is 0 Å². The molecule has 2 aliphatic rings. The Hall–Kier alpha value is -2.69. The number of benzene rings is 2. The van der Waals surface area contributed by atoms with E-state index in [0.29, 0.717) is 29.2 Å². The molecule has 0 unspecified atom stereocenters. The average molecular weight is 410 g/mol. The summed E-state index contributed by atoms with van der Waals surface area (Å²) in [6.45, 7) is 0. The van der Waals surface area contributed by atoms with Gasteiger partial charge in [-0.05, 0) is 78.8 Å². The third-order valence-electron chi connectivity index (χ3n) is 6.47. The SMILES string of the molecule is O=CC[C@@H]1CC[C@@H](Oc2ccc(CC(=O)O)cc2-c2cccc(F)c2C2CCC2)C1. The normalized spacial score (nSPS) is 21.2. The van der Waals surface area contributed by atoms with Gasteiger partial charge in [0.1, 0.15) is 17.9 Å². The Morgan fingerprint density at radius 1 is 1.13 bits per heavy atom. The molecule has 1 N–H and O–H groups in total. The first-order valence-electron chi connectivity index (χ1n) is 10.8. The van der Waals surface area contributed by atoms with Gasteiger partial charge in [-0.3, -0.25) is 4.79 Å². The van der Waals surface area contributed by atoms with E-state index >= 15 is 0 Å². The summed E-state index contributed by atoms with van der Waals surface area (Å²) in [5.74, 6) is 0.0916. The first kappa shape index (κ1) is 20.6. The second kappa shape index (κ2) is 8.99. The number of carbonyl (C=O) groups excluding carboxylic acids is 1. The second-order valence-electron chi connectivity index (χ2n) is 8.55. The molecular weight excluding hydrogens is 383 g/mol. The Morgan fingerprint density at radius 2 is 1.97 bits per heavy atom. The topological polar surface area (TPSA) is 63.6 Å². The lowest BCUT2D eigenvalue weighted by Gasteiger charge is -2.29. The van der Waals surface area contributed by atoms with E-state index < -0.39 is 5.97 Å². The predicted molar refractivity (Wildman–Crippen MR) is 112 cm³/mol. The molecule has 5 heteroatoms. The van der Waals surface area contributed by atoms with Gasteiger partial charge in [-0.2, -0.15) is 0 Å². The van der Waals surface area contributed by atoms with Gasteiger partial charge in [0.15, 0.2) is 0 Å². The van der Waals surface area contributed by atoms with E-state index in [0.717, 1.165) is 55.9 Å². The third kappa shape index (κ3) is 4.40. The molecule has 0 aromatic heterocycles. The number of aldehydes is 1. The summed E-state index contributed by atoms with van der Waals surface area (Å²) < 4.78 is 21.2. The van der Waals surface area contributed by atoms with Crippen LogP contribution in [0.15, 0.2) is 36.4 Å². The van der Waals surface area contributed by atoms with E-state index in [2.05, 4.69) is 0 Å². The van der Waals surface area contributed by atoms with Gasteiger partial charge in [-0.15, -0.1) is 0 Å². The molecular formula is C25H27FO4. The summed E-state index contributed by atoms with van der Waals surface area (Å²) >= 11 is 0. The fraction of sp³-hybridized carbons (Fsp3) is 0.440. The first-order valence-corrected chi connectivity index (χ1v) is 10.8. The van der Waals surface area contributed by atoms with Crippen LogP contribution >= 0.6 is 0 Å². The molecule has 158 valence electrons. The summed E-state index contributed by atoms with van der Waals surface area (Å²) in [6.07, 6.45) is 7.15. The highest BCUT2D eigenvalue weighted by Crippen LogP contribution is 2.45. The Bertz CT molecular complexity index is 935. The van der Waals surface area contributed by atoms with E-state index in [1.165, 1.54) is 6.07 Å². The summed E-state index contributed by atoms with van der Waals surface area (Å²) in [5.41, 5.74) is 2.93. The zero-order valence-electron chi connectivity index (χ0n) is 17.0. The zero-order chi connectivity index (χ0) is 21.1. The lowest BCUT2D eigenvalue weighted by atomic mass is 9.76. The van der Waals surface area contributed by atoms with Crippen molar-refractivity contribution in [2.24, 2.45) is 5.92 Å². The Kier molecular flexibility index (Phi) is 6.16. The number of carboxylic acids is 1. The molecule has 0 saturated heterocycles. The molecule has 0 bridgehead atoms. The summed E-state index contributed by atoms with van der Waals surface area (Å²) in [7, 11) is 0. The van der Waals surface area contributed by atoms with Crippen LogP contribution in [0, 0.1) is 11.7 Å². The lowest BCUT2D eigenvalue weighted by molar-refractivity contribution is -0.136. The van der Waals surface area contributed by atoms with Gasteiger partial charge in [0.05, 0.1) is 12.5 Å². The largest absolute Gasteiger partial charge is 0.490 e. The van der Waals surface area contributed by atoms with Gasteiger partial charge in [0, 0.05) is 12.0 Å². The van der Waals surface area contributed by atoms with Crippen molar-refractivity contribution in [1.82, 2.24) is 0 Å². The van der Waals surface area contributed by atoms with Crippen LogP contribution in [0.1, 0.15) is 62.0 Å². The molecule has 0 radical (unpaired) electrons. The monoisotopic (exact) mass is 410 g/mol. The molecule has 0 amide bonds. The first-order chi connectivity index (χ1) is 14.5. The van der Waals surface area contributed by atoms with Crippen molar-refractivity contribution >= 4 is 12.3 Å². The molecule has 2 aromatic rings. The maximum atomic E-state index is 14.8. The Morgan fingerprint density at radius 3 is 2.67 bits per heavy atom. The number of halogens is 1. The molecule has 2 aliphatic carbocycles. The molecule has 2 aromatic carbocycles. The van der Waals surface area contributed by atoms with Crippen LogP contribution in [0.3, 0.4) is 0 Å². The van der Waals surface area contributed by atoms with E-state index in [-0.39, 0.29) is 24.3 Å². The number of rotatable bonds is 8. The molecule has 0 spiro atoms. The van der Waals surface area contributed by atoms with Crippen molar-refractivity contribution in [3.8, 4) is 16.9 Å². The fourth-order valence-corrected chi connectivity index (χ4v) is 4.72. The van der Waals surface area contributed by atoms with E-state index in [1.807, 2.05) is 18.2 Å². The molecule has 2 atom stereocenters. The van der Waals surface area contributed by atoms with Crippen LogP contribution in [-0.2, 0) is 16.0 Å². The molecule has 2 saturated carbocycles. The summed E-state index contributed by atoms with van der Waals surface area (Å²) in [6, 6.07) is 10.5. The molecule has 0 aliphatic heterocycles. The van der Waals surface area contributed by atoms with Crippen molar-refractivity contribution in [2.45, 2.75) is 63.4 Å². The number of carboxylic acid groups (broad SMARTS) is 1. The smallest absolute Gasteiger partial charge is 0.307 e. The van der Waals surface area contributed by atoms with Gasteiger partial charge in [-0.25, -0.2) is 4.39 Å². The maximum absolute atomic E-state index is 14.8. The second-order valence-corrected chi connectivity index (χ2v) is 8.55. The minimum absolute atomic E-state index is 0.0136. The molecule has 30 heavy (non-hydrogen) atoms. The van der Waals surface area contributed by atoms with Crippen LogP contribution in [0.4, 0.5) is 4.39 Å². The Balaban J connectivity index is 1.71. The van der Waals surface area contributed by atoms with E-state index in [4.69, 9.17) is 4.74 Å². The van der Waals surface area contributed by atoms with Crippen LogP contribution < -0.4 is 4.74 Å². The lowest BCUT2D eigenvalue weighted by Crippen LogP contribution is -2.15. The van der Waals surface area contributed by atoms with E-state index in [9.17, 15) is 19.1 Å². The molecule has 4 nitrogen and oxygen atoms in total. The number of aliphatic carboxylic acids is 1. The predicted octanol–water partition coefficient (Wildman–Crippen LogP) is 5.52. The quantitative estimate of drug-likeness (QED) is 0.582. The number of hydrogen-bond acceptors (Lipinski definition) is 3. The van der Waals surface area contributed by atoms with Crippen molar-refractivity contribution in [3.63, 3.8) is 0 Å². The minimum Gasteiger partial charge on any atom is -0.490 e. The van der Waals surface area contributed by atoms with Gasteiger partial charge < -0.3 is 14.6 Å². The van der Waals surface area contributed by atoms with E-state index in [1.54, 1.807) is 12.1 Å². The van der Waals surface area contributed by atoms with Crippen LogP contribution in [-0.4, -0.2) is 23.5 Å². The summed E-state index contributed by atoms with van der Waals surface area (Å²) in [4.78, 5) is 22.1. The summed E-state index contributed by atoms with van der Waals surface area (Å²) in [5, 5.41) is 9.22. The maximum Gasteiger partial charge on any atom is 0.307 e. The van der Waals surface area contributed by atoms with Crippen molar-refractivity contribution < 1.29 is 23.8 Å². The third-order valence-corrected chi connectivity index (χ3v) is 6.47. The molecule has 4 rings (SSSR count). The van der Waals surface area contributed by atoms with Gasteiger partial charge >= 0.3 is 5.97 Å². The van der Waals surface area contributed by atoms with Crippen molar-refractivity contribution in [1.29, 1.82) is 0 Å². The highest BCUT2D eigenvalue weighted by atomic mass is 19.1. The van der Waals surface area contributed by atoms with Gasteiger partial charge in [-0.1, -0.05) is 24.6 Å². The van der Waals surface area contributed by atoms with Crippen LogP contribution in [0.5, 0.6) is 5.75 Å². The highest BCUT2D eigenvalue weighted by Gasteiger charge is 2.29. The van der Waals surface area contributed by atoms with Crippen LogP contribution in [0.2, 0.25) is 0 Å². The van der Waals surface area contributed by atoms with Crippen LogP contribution in [0.25, 0.3) is 11.1 Å². The van der Waals surface area contributed by atoms with Gasteiger partial charge in [0.2, 0.25) is 0 Å². The Labute approximate surface area is 176 Å². The van der Waals surface area contributed by atoms with Crippen molar-refractivity contribution in [2.75, 3.05) is 0 Å². The fourth-order valence-electron chi connectivity index (χ4n) is 4.72. The standard InChI is InChI=1S/C25H27FO4/c26-22-6-2-5-20(25(22)18-3-1-4-18)21-14-17(15-24(28)29)8-10-23(21)30-19-9-7-16(13-19)11-12-27/h2,5-6,8,10,12,14,16,18-19H,1,3-4,7,9,11,13,15H2,(H,28,29)/t16-,19+/m0/s1. The number of carbonyl (C=O) groups is 2. The number of hydrogen-bond donors (Lipinski definition) is 1.